The Hall–Kier alpha value is -1.43. The summed E-state index contributed by atoms with van der Waals surface area (Å²) < 4.78 is 0. The highest BCUT2D eigenvalue weighted by molar-refractivity contribution is 9.09. The molecule has 0 aromatic carbocycles. The lowest BCUT2D eigenvalue weighted by Crippen LogP contribution is -2.32. The summed E-state index contributed by atoms with van der Waals surface area (Å²) in [5.41, 5.74) is 0. The Morgan fingerprint density at radius 1 is 1.41 bits per heavy atom. The molecule has 1 aliphatic rings. The first kappa shape index (κ1) is 12.0. The van der Waals surface area contributed by atoms with Crippen molar-refractivity contribution >= 4 is 33.7 Å². The molecule has 0 spiro atoms. The van der Waals surface area contributed by atoms with Gasteiger partial charge in [0.15, 0.2) is 0 Å². The van der Waals surface area contributed by atoms with Gasteiger partial charge in [0.25, 0.3) is 5.91 Å². The van der Waals surface area contributed by atoms with E-state index in [0.717, 1.165) is 16.7 Å². The SMILES string of the molecule is O=C1NC(CCCBr)C(=O)N1c1ccccn1. The van der Waals surface area contributed by atoms with Crippen LogP contribution in [0.4, 0.5) is 10.6 Å². The smallest absolute Gasteiger partial charge is 0.325 e. The molecule has 3 amide bonds. The number of nitrogens with zero attached hydrogens (tertiary/aromatic N) is 2. The third-order valence-electron chi connectivity index (χ3n) is 2.52. The van der Waals surface area contributed by atoms with E-state index < -0.39 is 12.1 Å². The number of pyridine rings is 1. The van der Waals surface area contributed by atoms with Gasteiger partial charge in [-0.15, -0.1) is 0 Å². The van der Waals surface area contributed by atoms with Crippen molar-refractivity contribution in [1.82, 2.24) is 10.3 Å². The third-order valence-corrected chi connectivity index (χ3v) is 3.08. The number of imide groups is 1. The Bertz CT molecular complexity index is 424. The highest BCUT2D eigenvalue weighted by Gasteiger charge is 2.38. The van der Waals surface area contributed by atoms with E-state index in [2.05, 4.69) is 26.2 Å². The number of carbonyl (C=O) groups excluding carboxylic acids is 2. The van der Waals surface area contributed by atoms with Crippen molar-refractivity contribution in [2.24, 2.45) is 0 Å². The predicted molar refractivity (Wildman–Crippen MR) is 67.1 cm³/mol. The van der Waals surface area contributed by atoms with Gasteiger partial charge in [-0.3, -0.25) is 4.79 Å². The minimum atomic E-state index is -0.429. The molecule has 0 aliphatic carbocycles. The van der Waals surface area contributed by atoms with Gasteiger partial charge >= 0.3 is 6.03 Å². The van der Waals surface area contributed by atoms with E-state index in [0.29, 0.717) is 12.2 Å². The molecular weight excluding hydrogens is 286 g/mol. The van der Waals surface area contributed by atoms with Crippen LogP contribution in [0.25, 0.3) is 0 Å². The zero-order valence-electron chi connectivity index (χ0n) is 9.10. The zero-order valence-corrected chi connectivity index (χ0v) is 10.7. The number of carbonyl (C=O) groups is 2. The van der Waals surface area contributed by atoms with Crippen LogP contribution < -0.4 is 10.2 Å². The molecule has 17 heavy (non-hydrogen) atoms. The lowest BCUT2D eigenvalue weighted by atomic mass is 10.2. The number of hydrogen-bond donors (Lipinski definition) is 1. The summed E-state index contributed by atoms with van der Waals surface area (Å²) in [5, 5.41) is 3.48. The number of urea groups is 1. The Morgan fingerprint density at radius 3 is 2.88 bits per heavy atom. The van der Waals surface area contributed by atoms with Gasteiger partial charge in [0.2, 0.25) is 0 Å². The Morgan fingerprint density at radius 2 is 2.24 bits per heavy atom. The molecule has 1 N–H and O–H groups in total. The standard InChI is InChI=1S/C11H12BrN3O2/c12-6-3-4-8-10(16)15(11(17)14-8)9-5-1-2-7-13-9/h1-2,5,7-8H,3-4,6H2,(H,14,17). The third kappa shape index (κ3) is 2.46. The van der Waals surface area contributed by atoms with Crippen LogP contribution in [0.5, 0.6) is 0 Å². The Balaban J connectivity index is 2.15. The minimum absolute atomic E-state index is 0.227. The van der Waals surface area contributed by atoms with Gasteiger partial charge in [-0.1, -0.05) is 22.0 Å². The molecule has 0 saturated carbocycles. The molecule has 0 radical (unpaired) electrons. The second-order valence-corrected chi connectivity index (χ2v) is 4.49. The molecule has 1 aromatic rings. The van der Waals surface area contributed by atoms with Gasteiger partial charge in [0.05, 0.1) is 0 Å². The van der Waals surface area contributed by atoms with Crippen molar-refractivity contribution in [1.29, 1.82) is 0 Å². The molecule has 1 saturated heterocycles. The fraction of sp³-hybridized carbons (Fsp3) is 0.364. The van der Waals surface area contributed by atoms with Crippen LogP contribution in [0.1, 0.15) is 12.8 Å². The van der Waals surface area contributed by atoms with Crippen molar-refractivity contribution in [3.63, 3.8) is 0 Å². The molecule has 1 fully saturated rings. The van der Waals surface area contributed by atoms with Gasteiger partial charge in [0, 0.05) is 11.5 Å². The topological polar surface area (TPSA) is 62.3 Å². The number of halogens is 1. The number of rotatable bonds is 4. The van der Waals surface area contributed by atoms with E-state index in [9.17, 15) is 9.59 Å². The highest BCUT2D eigenvalue weighted by Crippen LogP contribution is 2.18. The first-order valence-electron chi connectivity index (χ1n) is 5.35. The zero-order chi connectivity index (χ0) is 12.3. The lowest BCUT2D eigenvalue weighted by molar-refractivity contribution is -0.118. The van der Waals surface area contributed by atoms with Gasteiger partial charge in [-0.25, -0.2) is 14.7 Å². The molecular formula is C11H12BrN3O2. The average molecular weight is 298 g/mol. The minimum Gasteiger partial charge on any atom is -0.325 e. The summed E-state index contributed by atoms with van der Waals surface area (Å²) in [6.07, 6.45) is 3.04. The molecule has 2 rings (SSSR count). The maximum atomic E-state index is 12.0. The number of aromatic nitrogens is 1. The van der Waals surface area contributed by atoms with Crippen molar-refractivity contribution in [2.45, 2.75) is 18.9 Å². The molecule has 90 valence electrons. The van der Waals surface area contributed by atoms with E-state index in [1.807, 2.05) is 0 Å². The van der Waals surface area contributed by atoms with Crippen LogP contribution in [0.3, 0.4) is 0 Å². The molecule has 6 heteroatoms. The summed E-state index contributed by atoms with van der Waals surface area (Å²) in [6.45, 7) is 0. The van der Waals surface area contributed by atoms with Crippen molar-refractivity contribution in [3.05, 3.63) is 24.4 Å². The van der Waals surface area contributed by atoms with Crippen LogP contribution in [0.2, 0.25) is 0 Å². The lowest BCUT2D eigenvalue weighted by Gasteiger charge is -2.11. The Kier molecular flexibility index (Phi) is 3.73. The van der Waals surface area contributed by atoms with Crippen LogP contribution in [-0.4, -0.2) is 28.3 Å². The van der Waals surface area contributed by atoms with E-state index in [1.165, 1.54) is 0 Å². The van der Waals surface area contributed by atoms with Crippen LogP contribution in [0, 0.1) is 0 Å². The normalized spacial score (nSPS) is 19.6. The molecule has 1 atom stereocenters. The summed E-state index contributed by atoms with van der Waals surface area (Å²) in [6, 6.07) is 4.30. The average Bonchev–Trinajstić information content (AvgIpc) is 2.63. The van der Waals surface area contributed by atoms with Gasteiger partial charge in [-0.2, -0.15) is 0 Å². The molecule has 1 unspecified atom stereocenters. The quantitative estimate of drug-likeness (QED) is 0.679. The molecule has 1 aliphatic heterocycles. The van der Waals surface area contributed by atoms with Crippen molar-refractivity contribution in [2.75, 3.05) is 10.2 Å². The number of amides is 3. The fourth-order valence-electron chi connectivity index (χ4n) is 1.71. The number of anilines is 1. The number of alkyl halides is 1. The summed E-state index contributed by atoms with van der Waals surface area (Å²) in [4.78, 5) is 28.8. The van der Waals surface area contributed by atoms with Crippen LogP contribution in [-0.2, 0) is 4.79 Å². The van der Waals surface area contributed by atoms with Gasteiger partial charge in [-0.05, 0) is 25.0 Å². The van der Waals surface area contributed by atoms with Crippen LogP contribution >= 0.6 is 15.9 Å². The van der Waals surface area contributed by atoms with E-state index in [4.69, 9.17) is 0 Å². The molecule has 5 nitrogen and oxygen atoms in total. The second kappa shape index (κ2) is 5.27. The second-order valence-electron chi connectivity index (χ2n) is 3.69. The summed E-state index contributed by atoms with van der Waals surface area (Å²) in [5.74, 6) is 0.144. The Labute approximate surface area is 107 Å². The maximum Gasteiger partial charge on any atom is 0.330 e. The molecule has 1 aromatic heterocycles. The molecule has 2 heterocycles. The number of nitrogens with one attached hydrogen (secondary N) is 1. The monoisotopic (exact) mass is 297 g/mol. The van der Waals surface area contributed by atoms with Gasteiger partial charge < -0.3 is 5.32 Å². The van der Waals surface area contributed by atoms with E-state index >= 15 is 0 Å². The summed E-state index contributed by atoms with van der Waals surface area (Å²) in [7, 11) is 0. The highest BCUT2D eigenvalue weighted by atomic mass is 79.9. The molecule has 0 bridgehead atoms. The van der Waals surface area contributed by atoms with E-state index in [1.54, 1.807) is 24.4 Å². The van der Waals surface area contributed by atoms with Crippen molar-refractivity contribution in [3.8, 4) is 0 Å². The largest absolute Gasteiger partial charge is 0.330 e. The van der Waals surface area contributed by atoms with Crippen molar-refractivity contribution < 1.29 is 9.59 Å². The first-order chi connectivity index (χ1) is 8.24. The van der Waals surface area contributed by atoms with Gasteiger partial charge in [0.1, 0.15) is 11.9 Å². The first-order valence-corrected chi connectivity index (χ1v) is 6.47. The van der Waals surface area contributed by atoms with Crippen LogP contribution in [0.15, 0.2) is 24.4 Å². The fourth-order valence-corrected chi connectivity index (χ4v) is 2.03. The summed E-state index contributed by atoms with van der Waals surface area (Å²) >= 11 is 3.30. The van der Waals surface area contributed by atoms with E-state index in [-0.39, 0.29) is 5.91 Å². The predicted octanol–water partition coefficient (Wildman–Crippen LogP) is 1.68. The maximum absolute atomic E-state index is 12.0. The number of hydrogen-bond acceptors (Lipinski definition) is 3.